The number of hydrogen-bond acceptors (Lipinski definition) is 3. The summed E-state index contributed by atoms with van der Waals surface area (Å²) >= 11 is 0. The largest absolute Gasteiger partial charge is 0.281 e. The summed E-state index contributed by atoms with van der Waals surface area (Å²) in [5.41, 5.74) is 3.18. The Morgan fingerprint density at radius 2 is 1.75 bits per heavy atom. The van der Waals surface area contributed by atoms with Crippen LogP contribution in [-0.2, 0) is 16.6 Å². The van der Waals surface area contributed by atoms with E-state index in [4.69, 9.17) is 0 Å². The quantitative estimate of drug-likeness (QED) is 0.939. The minimum atomic E-state index is -3.53. The lowest BCUT2D eigenvalue weighted by atomic mass is 10.1. The van der Waals surface area contributed by atoms with E-state index < -0.39 is 10.0 Å². The van der Waals surface area contributed by atoms with Gasteiger partial charge in [0.2, 0.25) is 10.0 Å². The summed E-state index contributed by atoms with van der Waals surface area (Å²) in [6.07, 6.45) is 0. The van der Waals surface area contributed by atoms with Gasteiger partial charge < -0.3 is 0 Å². The van der Waals surface area contributed by atoms with Crippen molar-refractivity contribution in [3.05, 3.63) is 46.8 Å². The highest BCUT2D eigenvalue weighted by Gasteiger charge is 2.26. The summed E-state index contributed by atoms with van der Waals surface area (Å²) in [5.74, 6) is 0. The van der Waals surface area contributed by atoms with Crippen molar-refractivity contribution < 1.29 is 8.42 Å². The predicted octanol–water partition coefficient (Wildman–Crippen LogP) is 2.16. The van der Waals surface area contributed by atoms with Gasteiger partial charge in [0.1, 0.15) is 4.90 Å². The Bertz CT molecular complexity index is 683. The summed E-state index contributed by atoms with van der Waals surface area (Å²) in [7, 11) is -1.94. The highest BCUT2D eigenvalue weighted by molar-refractivity contribution is 7.89. The van der Waals surface area contributed by atoms with Gasteiger partial charge in [-0.25, -0.2) is 8.42 Å². The van der Waals surface area contributed by atoms with Crippen molar-refractivity contribution in [3.63, 3.8) is 0 Å². The number of nitrogens with one attached hydrogen (secondary N) is 1. The van der Waals surface area contributed by atoms with E-state index in [0.717, 1.165) is 11.1 Å². The van der Waals surface area contributed by atoms with Crippen LogP contribution in [0.3, 0.4) is 0 Å². The number of H-pyrrole nitrogens is 1. The molecule has 0 bridgehead atoms. The zero-order valence-corrected chi connectivity index (χ0v) is 13.0. The Morgan fingerprint density at radius 1 is 1.15 bits per heavy atom. The fourth-order valence-corrected chi connectivity index (χ4v) is 3.59. The van der Waals surface area contributed by atoms with E-state index in [1.807, 2.05) is 31.2 Å². The van der Waals surface area contributed by atoms with Gasteiger partial charge in [0.15, 0.2) is 0 Å². The molecular weight excluding hydrogens is 274 g/mol. The molecule has 6 heteroatoms. The highest BCUT2D eigenvalue weighted by Crippen LogP contribution is 2.22. The first-order chi connectivity index (χ1) is 9.32. The molecule has 0 saturated carbocycles. The fourth-order valence-electron chi connectivity index (χ4n) is 2.11. The van der Waals surface area contributed by atoms with Crippen molar-refractivity contribution in [2.45, 2.75) is 32.2 Å². The van der Waals surface area contributed by atoms with Crippen LogP contribution >= 0.6 is 0 Å². The molecule has 1 aromatic carbocycles. The molecule has 108 valence electrons. The second-order valence-electron chi connectivity index (χ2n) is 5.01. The maximum Gasteiger partial charge on any atom is 0.246 e. The summed E-state index contributed by atoms with van der Waals surface area (Å²) in [6.45, 7) is 5.75. The minimum Gasteiger partial charge on any atom is -0.281 e. The van der Waals surface area contributed by atoms with Crippen LogP contribution in [0.4, 0.5) is 0 Å². The Morgan fingerprint density at radius 3 is 2.25 bits per heavy atom. The zero-order valence-electron chi connectivity index (χ0n) is 12.1. The molecule has 0 aliphatic carbocycles. The predicted molar refractivity (Wildman–Crippen MR) is 77.9 cm³/mol. The minimum absolute atomic E-state index is 0.270. The van der Waals surface area contributed by atoms with E-state index in [9.17, 15) is 8.42 Å². The van der Waals surface area contributed by atoms with Gasteiger partial charge in [-0.3, -0.25) is 5.10 Å². The van der Waals surface area contributed by atoms with Crippen molar-refractivity contribution in [2.75, 3.05) is 7.05 Å². The van der Waals surface area contributed by atoms with Crippen LogP contribution in [0.25, 0.3) is 0 Å². The zero-order chi connectivity index (χ0) is 14.9. The van der Waals surface area contributed by atoms with E-state index in [2.05, 4.69) is 10.2 Å². The van der Waals surface area contributed by atoms with E-state index in [1.165, 1.54) is 4.31 Å². The number of nitrogens with zero attached hydrogens (tertiary/aromatic N) is 2. The van der Waals surface area contributed by atoms with E-state index in [1.54, 1.807) is 20.9 Å². The first-order valence-corrected chi connectivity index (χ1v) is 7.80. The van der Waals surface area contributed by atoms with Gasteiger partial charge >= 0.3 is 0 Å². The smallest absolute Gasteiger partial charge is 0.246 e. The third kappa shape index (κ3) is 2.76. The Labute approximate surface area is 119 Å². The molecule has 1 N–H and O–H groups in total. The van der Waals surface area contributed by atoms with Gasteiger partial charge in [-0.2, -0.15) is 9.40 Å². The summed E-state index contributed by atoms with van der Waals surface area (Å²) in [5, 5.41) is 6.67. The molecule has 0 spiro atoms. The van der Waals surface area contributed by atoms with E-state index in [0.29, 0.717) is 17.9 Å². The first-order valence-electron chi connectivity index (χ1n) is 6.36. The molecular formula is C14H19N3O2S. The third-order valence-electron chi connectivity index (χ3n) is 3.25. The lowest BCUT2D eigenvalue weighted by molar-refractivity contribution is 0.466. The fraction of sp³-hybridized carbons (Fsp3) is 0.357. The van der Waals surface area contributed by atoms with Gasteiger partial charge in [-0.15, -0.1) is 0 Å². The lowest BCUT2D eigenvalue weighted by Crippen LogP contribution is -2.27. The van der Waals surface area contributed by atoms with Gasteiger partial charge in [0.05, 0.1) is 11.4 Å². The standard InChI is InChI=1S/C14H19N3O2S/c1-10-5-7-13(8-6-10)9-17(4)20(18,19)14-11(2)15-16-12(14)3/h5-8H,9H2,1-4H3,(H,15,16). The van der Waals surface area contributed by atoms with Crippen molar-refractivity contribution in [3.8, 4) is 0 Å². The highest BCUT2D eigenvalue weighted by atomic mass is 32.2. The maximum absolute atomic E-state index is 12.6. The van der Waals surface area contributed by atoms with E-state index in [-0.39, 0.29) is 4.90 Å². The van der Waals surface area contributed by atoms with Gasteiger partial charge in [0, 0.05) is 13.6 Å². The van der Waals surface area contributed by atoms with Crippen LogP contribution in [0.5, 0.6) is 0 Å². The summed E-state index contributed by atoms with van der Waals surface area (Å²) in [6, 6.07) is 7.83. The molecule has 2 rings (SSSR count). The van der Waals surface area contributed by atoms with Crippen molar-refractivity contribution in [2.24, 2.45) is 0 Å². The van der Waals surface area contributed by atoms with Gasteiger partial charge in [-0.1, -0.05) is 29.8 Å². The van der Waals surface area contributed by atoms with Crippen LogP contribution in [0.1, 0.15) is 22.5 Å². The van der Waals surface area contributed by atoms with Crippen LogP contribution in [-0.4, -0.2) is 30.0 Å². The second kappa shape index (κ2) is 5.38. The number of sulfonamides is 1. The van der Waals surface area contributed by atoms with Crippen LogP contribution in [0.15, 0.2) is 29.2 Å². The first kappa shape index (κ1) is 14.7. The molecule has 0 fully saturated rings. The Balaban J connectivity index is 2.28. The number of hydrogen-bond donors (Lipinski definition) is 1. The molecule has 0 atom stereocenters. The van der Waals surface area contributed by atoms with E-state index >= 15 is 0 Å². The summed E-state index contributed by atoms with van der Waals surface area (Å²) < 4.78 is 26.5. The van der Waals surface area contributed by atoms with Crippen LogP contribution in [0.2, 0.25) is 0 Å². The van der Waals surface area contributed by atoms with Crippen molar-refractivity contribution in [1.29, 1.82) is 0 Å². The number of rotatable bonds is 4. The Kier molecular flexibility index (Phi) is 3.96. The second-order valence-corrected chi connectivity index (χ2v) is 6.99. The van der Waals surface area contributed by atoms with Gasteiger partial charge in [0.25, 0.3) is 0 Å². The lowest BCUT2D eigenvalue weighted by Gasteiger charge is -2.17. The normalized spacial score (nSPS) is 12.1. The molecule has 0 amide bonds. The molecule has 1 heterocycles. The molecule has 5 nitrogen and oxygen atoms in total. The molecule has 0 aliphatic heterocycles. The van der Waals surface area contributed by atoms with Crippen molar-refractivity contribution in [1.82, 2.24) is 14.5 Å². The number of benzene rings is 1. The summed E-state index contributed by atoms with van der Waals surface area (Å²) in [4.78, 5) is 0.270. The van der Waals surface area contributed by atoms with Crippen LogP contribution in [0, 0.1) is 20.8 Å². The molecule has 2 aromatic rings. The average Bonchev–Trinajstić information content (AvgIpc) is 2.72. The monoisotopic (exact) mass is 293 g/mol. The molecule has 0 unspecified atom stereocenters. The molecule has 0 radical (unpaired) electrons. The number of aryl methyl sites for hydroxylation is 3. The molecule has 0 aliphatic rings. The SMILES string of the molecule is Cc1ccc(CN(C)S(=O)(=O)c2c(C)n[nH]c2C)cc1. The third-order valence-corrected chi connectivity index (χ3v) is 5.32. The molecule has 20 heavy (non-hydrogen) atoms. The topological polar surface area (TPSA) is 66.1 Å². The average molecular weight is 293 g/mol. The van der Waals surface area contributed by atoms with Crippen LogP contribution < -0.4 is 0 Å². The molecule has 0 saturated heterocycles. The van der Waals surface area contributed by atoms with Crippen molar-refractivity contribution >= 4 is 10.0 Å². The number of aromatic amines is 1. The molecule has 1 aromatic heterocycles. The Hall–Kier alpha value is -1.66. The van der Waals surface area contributed by atoms with Gasteiger partial charge in [-0.05, 0) is 26.3 Å². The maximum atomic E-state index is 12.6. The number of aromatic nitrogens is 2.